The normalized spacial score (nSPS) is 12.8. The molecule has 0 fully saturated rings. The molecule has 0 spiro atoms. The molecule has 0 amide bonds. The third-order valence-corrected chi connectivity index (χ3v) is 2.37. The summed E-state index contributed by atoms with van der Waals surface area (Å²) in [6.07, 6.45) is 2.73. The lowest BCUT2D eigenvalue weighted by Gasteiger charge is -2.09. The molecule has 2 N–H and O–H groups in total. The van der Waals surface area contributed by atoms with E-state index in [9.17, 15) is 0 Å². The molecule has 1 unspecified atom stereocenters. The van der Waals surface area contributed by atoms with Gasteiger partial charge in [-0.1, -0.05) is 13.3 Å². The van der Waals surface area contributed by atoms with Gasteiger partial charge in [0.05, 0.1) is 0 Å². The highest BCUT2D eigenvalue weighted by Gasteiger charge is 2.12. The third kappa shape index (κ3) is 3.51. The van der Waals surface area contributed by atoms with Crippen LogP contribution in [0.15, 0.2) is 4.52 Å². The first-order chi connectivity index (χ1) is 7.17. The van der Waals surface area contributed by atoms with Gasteiger partial charge in [-0.25, -0.2) is 0 Å². The summed E-state index contributed by atoms with van der Waals surface area (Å²) in [6.45, 7) is 5.02. The smallest absolute Gasteiger partial charge is 0.265 e. The monoisotopic (exact) mass is 212 g/mol. The van der Waals surface area contributed by atoms with Gasteiger partial charge in [0, 0.05) is 26.1 Å². The highest BCUT2D eigenvalue weighted by Crippen LogP contribution is 2.09. The van der Waals surface area contributed by atoms with Crippen LogP contribution in [0.3, 0.4) is 0 Å². The van der Waals surface area contributed by atoms with Gasteiger partial charge in [0.25, 0.3) is 5.95 Å². The van der Waals surface area contributed by atoms with Gasteiger partial charge >= 0.3 is 0 Å². The van der Waals surface area contributed by atoms with Crippen molar-refractivity contribution in [3.05, 3.63) is 5.89 Å². The molecule has 1 heterocycles. The fourth-order valence-corrected chi connectivity index (χ4v) is 1.32. The highest BCUT2D eigenvalue weighted by molar-refractivity contribution is 5.25. The SMILES string of the molecule is CCCC(N)Cc1nc(N(C)CC)no1. The Hall–Kier alpha value is -1.10. The summed E-state index contributed by atoms with van der Waals surface area (Å²) in [5.74, 6) is 1.27. The lowest BCUT2D eigenvalue weighted by Crippen LogP contribution is -2.22. The van der Waals surface area contributed by atoms with Gasteiger partial charge in [0.2, 0.25) is 5.89 Å². The first-order valence-corrected chi connectivity index (χ1v) is 5.46. The Labute approximate surface area is 90.6 Å². The topological polar surface area (TPSA) is 68.2 Å². The van der Waals surface area contributed by atoms with E-state index in [1.54, 1.807) is 0 Å². The van der Waals surface area contributed by atoms with Gasteiger partial charge in [-0.05, 0) is 18.5 Å². The summed E-state index contributed by atoms with van der Waals surface area (Å²) in [5, 5.41) is 3.88. The van der Waals surface area contributed by atoms with Crippen molar-refractivity contribution in [3.8, 4) is 0 Å². The predicted molar refractivity (Wildman–Crippen MR) is 59.8 cm³/mol. The fourth-order valence-electron chi connectivity index (χ4n) is 1.32. The Balaban J connectivity index is 2.52. The van der Waals surface area contributed by atoms with E-state index in [0.29, 0.717) is 18.3 Å². The number of anilines is 1. The van der Waals surface area contributed by atoms with E-state index in [-0.39, 0.29) is 6.04 Å². The lowest BCUT2D eigenvalue weighted by molar-refractivity contribution is 0.365. The average molecular weight is 212 g/mol. The lowest BCUT2D eigenvalue weighted by atomic mass is 10.1. The van der Waals surface area contributed by atoms with Crippen LogP contribution in [0.4, 0.5) is 5.95 Å². The standard InChI is InChI=1S/C10H20N4O/c1-4-6-8(11)7-9-12-10(13-15-9)14(3)5-2/h8H,4-7,11H2,1-3H3. The van der Waals surface area contributed by atoms with Gasteiger partial charge in [-0.15, -0.1) is 0 Å². The molecule has 5 heteroatoms. The Morgan fingerprint density at radius 2 is 2.20 bits per heavy atom. The van der Waals surface area contributed by atoms with Crippen molar-refractivity contribution < 1.29 is 4.52 Å². The molecule has 0 aliphatic rings. The minimum Gasteiger partial charge on any atom is -0.342 e. The molecule has 0 aliphatic carbocycles. The van der Waals surface area contributed by atoms with Crippen molar-refractivity contribution in [2.45, 2.75) is 39.2 Å². The molecule has 0 radical (unpaired) electrons. The zero-order chi connectivity index (χ0) is 11.3. The number of rotatable bonds is 6. The Morgan fingerprint density at radius 1 is 1.47 bits per heavy atom. The van der Waals surface area contributed by atoms with E-state index in [1.807, 2.05) is 18.9 Å². The maximum absolute atomic E-state index is 5.89. The van der Waals surface area contributed by atoms with Crippen molar-refractivity contribution in [2.75, 3.05) is 18.5 Å². The highest BCUT2D eigenvalue weighted by atomic mass is 16.5. The molecule has 1 atom stereocenters. The molecule has 0 saturated heterocycles. The van der Waals surface area contributed by atoms with Gasteiger partial charge in [-0.2, -0.15) is 4.98 Å². The first kappa shape index (κ1) is 12.0. The number of hydrogen-bond donors (Lipinski definition) is 1. The minimum absolute atomic E-state index is 0.121. The van der Waals surface area contributed by atoms with Crippen LogP contribution in [0.2, 0.25) is 0 Å². The molecule has 1 aromatic heterocycles. The molecule has 1 aromatic rings. The molecule has 1 rings (SSSR count). The van der Waals surface area contributed by atoms with Crippen LogP contribution in [0, 0.1) is 0 Å². The second-order valence-electron chi connectivity index (χ2n) is 3.76. The van der Waals surface area contributed by atoms with Gasteiger partial charge in [-0.3, -0.25) is 0 Å². The van der Waals surface area contributed by atoms with E-state index in [1.165, 1.54) is 0 Å². The molecule has 0 saturated carbocycles. The summed E-state index contributed by atoms with van der Waals surface area (Å²) in [5.41, 5.74) is 5.89. The van der Waals surface area contributed by atoms with Crippen LogP contribution in [-0.4, -0.2) is 29.8 Å². The average Bonchev–Trinajstić information content (AvgIpc) is 2.65. The number of nitrogens with two attached hydrogens (primary N) is 1. The van der Waals surface area contributed by atoms with Crippen LogP contribution in [0.5, 0.6) is 0 Å². The molecule has 15 heavy (non-hydrogen) atoms. The molecule has 0 aliphatic heterocycles. The fraction of sp³-hybridized carbons (Fsp3) is 0.800. The van der Waals surface area contributed by atoms with Crippen LogP contribution in [-0.2, 0) is 6.42 Å². The van der Waals surface area contributed by atoms with Crippen LogP contribution in [0.25, 0.3) is 0 Å². The van der Waals surface area contributed by atoms with E-state index < -0.39 is 0 Å². The summed E-state index contributed by atoms with van der Waals surface area (Å²) in [4.78, 5) is 6.20. The summed E-state index contributed by atoms with van der Waals surface area (Å²) < 4.78 is 5.12. The molecule has 5 nitrogen and oxygen atoms in total. The van der Waals surface area contributed by atoms with Gasteiger partial charge < -0.3 is 15.2 Å². The summed E-state index contributed by atoms with van der Waals surface area (Å²) >= 11 is 0. The molecule has 0 aromatic carbocycles. The number of hydrogen-bond acceptors (Lipinski definition) is 5. The zero-order valence-corrected chi connectivity index (χ0v) is 9.73. The van der Waals surface area contributed by atoms with E-state index in [2.05, 4.69) is 17.1 Å². The second-order valence-corrected chi connectivity index (χ2v) is 3.76. The first-order valence-electron chi connectivity index (χ1n) is 5.46. The Kier molecular flexibility index (Phi) is 4.55. The Bertz CT molecular complexity index is 287. The maximum Gasteiger partial charge on any atom is 0.265 e. The van der Waals surface area contributed by atoms with Gasteiger partial charge in [0.1, 0.15) is 0 Å². The van der Waals surface area contributed by atoms with Crippen LogP contribution >= 0.6 is 0 Å². The third-order valence-electron chi connectivity index (χ3n) is 2.37. The number of aromatic nitrogens is 2. The molecule has 0 bridgehead atoms. The van der Waals surface area contributed by atoms with Crippen molar-refractivity contribution in [2.24, 2.45) is 5.73 Å². The van der Waals surface area contributed by atoms with E-state index >= 15 is 0 Å². The largest absolute Gasteiger partial charge is 0.342 e. The number of nitrogens with zero attached hydrogens (tertiary/aromatic N) is 3. The predicted octanol–water partition coefficient (Wildman–Crippen LogP) is 1.20. The maximum atomic E-state index is 5.89. The molecule has 86 valence electrons. The van der Waals surface area contributed by atoms with Crippen LogP contribution in [0.1, 0.15) is 32.6 Å². The van der Waals surface area contributed by atoms with Gasteiger partial charge in [0.15, 0.2) is 0 Å². The quantitative estimate of drug-likeness (QED) is 0.767. The molecular formula is C10H20N4O. The zero-order valence-electron chi connectivity index (χ0n) is 9.73. The van der Waals surface area contributed by atoms with Crippen LogP contribution < -0.4 is 10.6 Å². The summed E-state index contributed by atoms with van der Waals surface area (Å²) in [7, 11) is 1.93. The van der Waals surface area contributed by atoms with E-state index in [4.69, 9.17) is 10.3 Å². The Morgan fingerprint density at radius 3 is 2.80 bits per heavy atom. The summed E-state index contributed by atoms with van der Waals surface area (Å²) in [6, 6.07) is 0.121. The van der Waals surface area contributed by atoms with E-state index in [0.717, 1.165) is 19.4 Å². The van der Waals surface area contributed by atoms with Crippen molar-refractivity contribution in [1.82, 2.24) is 10.1 Å². The van der Waals surface area contributed by atoms with Crippen molar-refractivity contribution >= 4 is 5.95 Å². The second kappa shape index (κ2) is 5.70. The minimum atomic E-state index is 0.121. The van der Waals surface area contributed by atoms with Crippen molar-refractivity contribution in [1.29, 1.82) is 0 Å². The molecular weight excluding hydrogens is 192 g/mol. The van der Waals surface area contributed by atoms with Crippen molar-refractivity contribution in [3.63, 3.8) is 0 Å².